The molecule has 20 heavy (non-hydrogen) atoms. The number of hydrogen-bond acceptors (Lipinski definition) is 2. The van der Waals surface area contributed by atoms with Crippen molar-refractivity contribution in [2.75, 3.05) is 32.1 Å². The molecule has 1 heterocycles. The Balaban J connectivity index is 2.10. The smallest absolute Gasteiger partial charge is 0.371 e. The van der Waals surface area contributed by atoms with Gasteiger partial charge in [-0.25, -0.2) is 0 Å². The molecule has 0 aliphatic carbocycles. The third-order valence-corrected chi connectivity index (χ3v) is 4.47. The highest BCUT2D eigenvalue weighted by molar-refractivity contribution is 9.10. The van der Waals surface area contributed by atoms with Crippen LogP contribution >= 0.6 is 15.9 Å². The molecular weight excluding hydrogens is 333 g/mol. The Hall–Kier alpha value is -0.750. The van der Waals surface area contributed by atoms with Crippen LogP contribution in [0.1, 0.15) is 18.4 Å². The first-order chi connectivity index (χ1) is 9.29. The van der Waals surface area contributed by atoms with E-state index in [1.807, 2.05) is 0 Å². The first-order valence-corrected chi connectivity index (χ1v) is 7.36. The third kappa shape index (κ3) is 3.47. The summed E-state index contributed by atoms with van der Waals surface area (Å²) in [7, 11) is 4.13. The Labute approximate surface area is 125 Å². The van der Waals surface area contributed by atoms with E-state index in [-0.39, 0.29) is 4.47 Å². The molecule has 0 radical (unpaired) electrons. The van der Waals surface area contributed by atoms with Crippen LogP contribution in [0.2, 0.25) is 0 Å². The average Bonchev–Trinajstić information content (AvgIpc) is 2.37. The van der Waals surface area contributed by atoms with E-state index in [1.165, 1.54) is 0 Å². The summed E-state index contributed by atoms with van der Waals surface area (Å²) in [6, 6.07) is 4.84. The third-order valence-electron chi connectivity index (χ3n) is 3.82. The molecule has 1 fully saturated rings. The van der Waals surface area contributed by atoms with Crippen molar-refractivity contribution in [2.24, 2.45) is 0 Å². The molecule has 1 aliphatic heterocycles. The lowest BCUT2D eigenvalue weighted by atomic mass is 10.0. The van der Waals surface area contributed by atoms with Crippen molar-refractivity contribution >= 4 is 21.6 Å². The maximum atomic E-state index is 12.7. The molecule has 112 valence electrons. The summed E-state index contributed by atoms with van der Waals surface area (Å²) in [6.07, 6.45) is -2.24. The van der Waals surface area contributed by atoms with Gasteiger partial charge in [0, 0.05) is 29.3 Å². The van der Waals surface area contributed by atoms with Crippen LogP contribution in [-0.4, -0.2) is 38.1 Å². The van der Waals surface area contributed by atoms with Gasteiger partial charge in [0.1, 0.15) is 0 Å². The van der Waals surface area contributed by atoms with Gasteiger partial charge in [-0.15, -0.1) is 0 Å². The highest BCUT2D eigenvalue weighted by Gasteiger charge is 2.33. The quantitative estimate of drug-likeness (QED) is 0.795. The second kappa shape index (κ2) is 5.93. The number of nitrogens with zero attached hydrogens (tertiary/aromatic N) is 2. The first kappa shape index (κ1) is 15.6. The molecular formula is C14H18BrF3N2. The largest absolute Gasteiger partial charge is 0.417 e. The molecule has 0 N–H and O–H groups in total. The van der Waals surface area contributed by atoms with Crippen LogP contribution in [0.3, 0.4) is 0 Å². The van der Waals surface area contributed by atoms with Crippen LogP contribution in [0.15, 0.2) is 22.7 Å². The van der Waals surface area contributed by atoms with E-state index >= 15 is 0 Å². The minimum atomic E-state index is -4.31. The van der Waals surface area contributed by atoms with Gasteiger partial charge in [-0.05, 0) is 45.1 Å². The minimum Gasteiger partial charge on any atom is -0.371 e. The van der Waals surface area contributed by atoms with Crippen molar-refractivity contribution < 1.29 is 13.2 Å². The number of benzene rings is 1. The lowest BCUT2D eigenvalue weighted by Crippen LogP contribution is -2.42. The van der Waals surface area contributed by atoms with Gasteiger partial charge in [0.05, 0.1) is 5.56 Å². The Morgan fingerprint density at radius 1 is 1.20 bits per heavy atom. The molecule has 1 aromatic carbocycles. The summed E-state index contributed by atoms with van der Waals surface area (Å²) < 4.78 is 38.2. The fourth-order valence-corrected chi connectivity index (χ4v) is 3.16. The predicted molar refractivity (Wildman–Crippen MR) is 78.1 cm³/mol. The maximum absolute atomic E-state index is 12.7. The van der Waals surface area contributed by atoms with Gasteiger partial charge in [-0.1, -0.05) is 15.9 Å². The molecule has 0 unspecified atom stereocenters. The highest BCUT2D eigenvalue weighted by atomic mass is 79.9. The number of halogens is 4. The van der Waals surface area contributed by atoms with Crippen molar-refractivity contribution in [3.8, 4) is 0 Å². The standard InChI is InChI=1S/C14H18BrF3N2/c1-19(2)10-5-7-20(8-6-10)11-3-4-12(13(15)9-11)14(16,17)18/h3-4,9-10H,5-8H2,1-2H3. The van der Waals surface area contributed by atoms with Crippen molar-refractivity contribution in [3.63, 3.8) is 0 Å². The number of anilines is 1. The minimum absolute atomic E-state index is 0.109. The SMILES string of the molecule is CN(C)C1CCN(c2ccc(C(F)(F)F)c(Br)c2)CC1. The topological polar surface area (TPSA) is 6.48 Å². The van der Waals surface area contributed by atoms with Crippen LogP contribution in [0.4, 0.5) is 18.9 Å². The molecule has 2 nitrogen and oxygen atoms in total. The lowest BCUT2D eigenvalue weighted by molar-refractivity contribution is -0.138. The van der Waals surface area contributed by atoms with E-state index < -0.39 is 11.7 Å². The van der Waals surface area contributed by atoms with Crippen molar-refractivity contribution in [3.05, 3.63) is 28.2 Å². The number of piperidine rings is 1. The number of rotatable bonds is 2. The summed E-state index contributed by atoms with van der Waals surface area (Å²) in [6.45, 7) is 1.75. The molecule has 2 rings (SSSR count). The second-order valence-electron chi connectivity index (χ2n) is 5.34. The Bertz CT molecular complexity index is 466. The predicted octanol–water partition coefficient (Wildman–Crippen LogP) is 4.00. The molecule has 0 saturated carbocycles. The van der Waals surface area contributed by atoms with Gasteiger partial charge in [-0.2, -0.15) is 13.2 Å². The zero-order valence-corrected chi connectivity index (χ0v) is 13.1. The Kier molecular flexibility index (Phi) is 4.64. The Morgan fingerprint density at radius 3 is 2.25 bits per heavy atom. The van der Waals surface area contributed by atoms with Crippen LogP contribution in [0.5, 0.6) is 0 Å². The van der Waals surface area contributed by atoms with Crippen molar-refractivity contribution in [2.45, 2.75) is 25.1 Å². The zero-order valence-electron chi connectivity index (χ0n) is 11.5. The summed E-state index contributed by atoms with van der Waals surface area (Å²) in [5.41, 5.74) is 0.228. The van der Waals surface area contributed by atoms with Crippen LogP contribution in [0, 0.1) is 0 Å². The number of alkyl halides is 3. The monoisotopic (exact) mass is 350 g/mol. The number of hydrogen-bond donors (Lipinski definition) is 0. The summed E-state index contributed by atoms with van der Waals surface area (Å²) >= 11 is 3.03. The van der Waals surface area contributed by atoms with Gasteiger partial charge < -0.3 is 9.80 Å². The van der Waals surface area contributed by atoms with E-state index in [9.17, 15) is 13.2 Å². The molecule has 0 bridgehead atoms. The fourth-order valence-electron chi connectivity index (χ4n) is 2.57. The lowest BCUT2D eigenvalue weighted by Gasteiger charge is -2.36. The zero-order chi connectivity index (χ0) is 14.9. The van der Waals surface area contributed by atoms with Crippen LogP contribution in [-0.2, 0) is 6.18 Å². The van der Waals surface area contributed by atoms with E-state index in [4.69, 9.17) is 0 Å². The van der Waals surface area contributed by atoms with Crippen molar-refractivity contribution in [1.29, 1.82) is 0 Å². The molecule has 1 saturated heterocycles. The van der Waals surface area contributed by atoms with Gasteiger partial charge in [0.2, 0.25) is 0 Å². The Morgan fingerprint density at radius 2 is 1.80 bits per heavy atom. The van der Waals surface area contributed by atoms with Gasteiger partial charge in [-0.3, -0.25) is 0 Å². The molecule has 0 spiro atoms. The van der Waals surface area contributed by atoms with Crippen LogP contribution < -0.4 is 4.90 Å². The van der Waals surface area contributed by atoms with Crippen molar-refractivity contribution in [1.82, 2.24) is 4.90 Å². The average molecular weight is 351 g/mol. The first-order valence-electron chi connectivity index (χ1n) is 6.57. The highest BCUT2D eigenvalue weighted by Crippen LogP contribution is 2.37. The van der Waals surface area contributed by atoms with E-state index in [0.29, 0.717) is 6.04 Å². The van der Waals surface area contributed by atoms with Crippen LogP contribution in [0.25, 0.3) is 0 Å². The normalized spacial score (nSPS) is 17.9. The molecule has 0 amide bonds. The molecule has 1 aromatic rings. The van der Waals surface area contributed by atoms with E-state index in [2.05, 4.69) is 39.8 Å². The molecule has 0 atom stereocenters. The summed E-state index contributed by atoms with van der Waals surface area (Å²) in [5.74, 6) is 0. The molecule has 6 heteroatoms. The summed E-state index contributed by atoms with van der Waals surface area (Å²) in [4.78, 5) is 4.35. The van der Waals surface area contributed by atoms with Gasteiger partial charge >= 0.3 is 6.18 Å². The van der Waals surface area contributed by atoms with Gasteiger partial charge in [0.15, 0.2) is 0 Å². The van der Waals surface area contributed by atoms with E-state index in [1.54, 1.807) is 12.1 Å². The van der Waals surface area contributed by atoms with E-state index in [0.717, 1.165) is 37.7 Å². The van der Waals surface area contributed by atoms with Gasteiger partial charge in [0.25, 0.3) is 0 Å². The fraction of sp³-hybridized carbons (Fsp3) is 0.571. The molecule has 0 aromatic heterocycles. The molecule has 1 aliphatic rings. The maximum Gasteiger partial charge on any atom is 0.417 e. The summed E-state index contributed by atoms with van der Waals surface area (Å²) in [5, 5.41) is 0. The second-order valence-corrected chi connectivity index (χ2v) is 6.20.